The third-order valence-corrected chi connectivity index (χ3v) is 4.37. The van der Waals surface area contributed by atoms with E-state index in [-0.39, 0.29) is 17.1 Å². The molecule has 0 bridgehead atoms. The van der Waals surface area contributed by atoms with Crippen LogP contribution in [-0.4, -0.2) is 12.7 Å². The van der Waals surface area contributed by atoms with Crippen molar-refractivity contribution in [3.63, 3.8) is 0 Å². The number of anilines is 1. The molecule has 1 heterocycles. The molecule has 0 N–H and O–H groups in total. The first kappa shape index (κ1) is 23.1. The van der Waals surface area contributed by atoms with Gasteiger partial charge in [0.1, 0.15) is 29.7 Å². The predicted molar refractivity (Wildman–Crippen MR) is 97.3 cm³/mol. The van der Waals surface area contributed by atoms with Gasteiger partial charge in [0.05, 0.1) is 29.3 Å². The summed E-state index contributed by atoms with van der Waals surface area (Å²) in [6.45, 7) is -2.22. The molecule has 0 aliphatic carbocycles. The number of hydrogen-bond donors (Lipinski definition) is 0. The van der Waals surface area contributed by atoms with Crippen LogP contribution >= 0.6 is 0 Å². The number of hydrogen-bond acceptors (Lipinski definition) is 3. The Morgan fingerprint density at radius 1 is 0.906 bits per heavy atom. The zero-order chi connectivity index (χ0) is 23.7. The Kier molecular flexibility index (Phi) is 6.16. The highest BCUT2D eigenvalue weighted by Gasteiger charge is 2.36. The lowest BCUT2D eigenvalue weighted by atomic mass is 10.1. The lowest BCUT2D eigenvalue weighted by Crippen LogP contribution is -2.34. The highest BCUT2D eigenvalue weighted by Crippen LogP contribution is 2.36. The Bertz CT molecular complexity index is 1160. The number of benzene rings is 2. The van der Waals surface area contributed by atoms with Gasteiger partial charge in [0, 0.05) is 11.8 Å². The van der Waals surface area contributed by atoms with Gasteiger partial charge < -0.3 is 9.32 Å². The maximum Gasteiger partial charge on any atom is 0.417 e. The normalized spacial score (nSPS) is 12.0. The fourth-order valence-corrected chi connectivity index (χ4v) is 3.00. The van der Waals surface area contributed by atoms with Crippen LogP contribution < -0.4 is 4.90 Å². The van der Waals surface area contributed by atoms with Crippen LogP contribution in [0.3, 0.4) is 0 Å². The Morgan fingerprint density at radius 2 is 1.62 bits per heavy atom. The number of rotatable bonds is 5. The number of halogens is 8. The van der Waals surface area contributed by atoms with Crippen LogP contribution in [0.4, 0.5) is 40.8 Å². The summed E-state index contributed by atoms with van der Waals surface area (Å²) in [7, 11) is 0. The SMILES string of the molecule is N#Cc1ccc(N(Cc2ccc(-c3ccc(F)cc3F)o2)CC(F)(F)F)cc1C(F)(F)F. The minimum Gasteiger partial charge on any atom is -0.459 e. The number of furan rings is 1. The summed E-state index contributed by atoms with van der Waals surface area (Å²) >= 11 is 0. The van der Waals surface area contributed by atoms with Crippen molar-refractivity contribution in [3.8, 4) is 17.4 Å². The molecule has 0 unspecified atom stereocenters. The monoisotopic (exact) mass is 460 g/mol. The Labute approximate surface area is 176 Å². The van der Waals surface area contributed by atoms with Crippen molar-refractivity contribution >= 4 is 5.69 Å². The van der Waals surface area contributed by atoms with Crippen molar-refractivity contribution in [2.45, 2.75) is 18.9 Å². The predicted octanol–water partition coefficient (Wildman–Crippen LogP) is 6.68. The molecule has 0 saturated carbocycles. The second kappa shape index (κ2) is 8.53. The van der Waals surface area contributed by atoms with Gasteiger partial charge >= 0.3 is 12.4 Å². The second-order valence-electron chi connectivity index (χ2n) is 6.70. The van der Waals surface area contributed by atoms with Gasteiger partial charge in [-0.25, -0.2) is 8.78 Å². The first-order valence-corrected chi connectivity index (χ1v) is 8.84. The van der Waals surface area contributed by atoms with Crippen LogP contribution in [0.25, 0.3) is 11.3 Å². The van der Waals surface area contributed by atoms with E-state index in [2.05, 4.69) is 0 Å². The average Bonchev–Trinajstić information content (AvgIpc) is 3.13. The molecule has 1 aromatic heterocycles. The van der Waals surface area contributed by atoms with E-state index in [9.17, 15) is 35.1 Å². The molecule has 3 nitrogen and oxygen atoms in total. The first-order valence-electron chi connectivity index (χ1n) is 8.84. The Hall–Kier alpha value is -3.55. The average molecular weight is 460 g/mol. The van der Waals surface area contributed by atoms with E-state index < -0.39 is 53.9 Å². The third kappa shape index (κ3) is 5.38. The minimum absolute atomic E-state index is 0.0970. The third-order valence-electron chi connectivity index (χ3n) is 4.37. The lowest BCUT2D eigenvalue weighted by Gasteiger charge is -2.26. The quantitative estimate of drug-likeness (QED) is 0.399. The number of nitriles is 1. The van der Waals surface area contributed by atoms with Gasteiger partial charge in [0.15, 0.2) is 0 Å². The smallest absolute Gasteiger partial charge is 0.417 e. The molecular weight excluding hydrogens is 448 g/mol. The zero-order valence-electron chi connectivity index (χ0n) is 15.9. The molecule has 11 heteroatoms. The van der Waals surface area contributed by atoms with E-state index in [0.29, 0.717) is 17.0 Å². The van der Waals surface area contributed by atoms with E-state index in [1.165, 1.54) is 18.2 Å². The summed E-state index contributed by atoms with van der Waals surface area (Å²) in [6.07, 6.45) is -9.73. The molecule has 168 valence electrons. The van der Waals surface area contributed by atoms with Crippen molar-refractivity contribution in [1.82, 2.24) is 0 Å². The fraction of sp³-hybridized carbons (Fsp3) is 0.190. The van der Waals surface area contributed by atoms with Gasteiger partial charge in [0.25, 0.3) is 0 Å². The van der Waals surface area contributed by atoms with Gasteiger partial charge in [-0.3, -0.25) is 0 Å². The van der Waals surface area contributed by atoms with E-state index >= 15 is 0 Å². The van der Waals surface area contributed by atoms with Gasteiger partial charge in [-0.15, -0.1) is 0 Å². The number of alkyl halides is 6. The van der Waals surface area contributed by atoms with Crippen molar-refractivity contribution in [3.05, 3.63) is 77.1 Å². The van der Waals surface area contributed by atoms with E-state index in [0.717, 1.165) is 24.3 Å². The van der Waals surface area contributed by atoms with Crippen LogP contribution in [-0.2, 0) is 12.7 Å². The van der Waals surface area contributed by atoms with Gasteiger partial charge in [0.2, 0.25) is 0 Å². The molecule has 0 fully saturated rings. The molecule has 0 spiro atoms. The summed E-state index contributed by atoms with van der Waals surface area (Å²) < 4.78 is 111. The Morgan fingerprint density at radius 3 is 2.22 bits per heavy atom. The van der Waals surface area contributed by atoms with E-state index in [1.54, 1.807) is 0 Å². The van der Waals surface area contributed by atoms with E-state index in [1.807, 2.05) is 0 Å². The number of nitrogens with zero attached hydrogens (tertiary/aromatic N) is 2. The fourth-order valence-electron chi connectivity index (χ4n) is 3.00. The summed E-state index contributed by atoms with van der Waals surface area (Å²) in [5, 5.41) is 8.87. The van der Waals surface area contributed by atoms with Crippen LogP contribution in [0.1, 0.15) is 16.9 Å². The molecule has 3 aromatic rings. The molecule has 0 saturated heterocycles. The molecule has 0 amide bonds. The summed E-state index contributed by atoms with van der Waals surface area (Å²) in [5.74, 6) is -2.00. The standard InChI is InChI=1S/C21H12F8N2O/c22-13-2-5-16(18(23)7-13)19-6-4-15(32-19)10-31(11-20(24,25)26)14-3-1-12(9-30)17(8-14)21(27,28)29/h1-8H,10-11H2. The lowest BCUT2D eigenvalue weighted by molar-refractivity contribution is -0.137. The zero-order valence-corrected chi connectivity index (χ0v) is 15.9. The molecule has 3 rings (SSSR count). The van der Waals surface area contributed by atoms with Gasteiger partial charge in [-0.05, 0) is 42.5 Å². The van der Waals surface area contributed by atoms with Crippen molar-refractivity contribution < 1.29 is 39.5 Å². The van der Waals surface area contributed by atoms with Crippen LogP contribution in [0.15, 0.2) is 52.9 Å². The van der Waals surface area contributed by atoms with Gasteiger partial charge in [-0.1, -0.05) is 0 Å². The van der Waals surface area contributed by atoms with Crippen molar-refractivity contribution in [2.24, 2.45) is 0 Å². The first-order chi connectivity index (χ1) is 14.9. The molecule has 2 aromatic carbocycles. The van der Waals surface area contributed by atoms with Gasteiger partial charge in [-0.2, -0.15) is 31.6 Å². The van der Waals surface area contributed by atoms with E-state index in [4.69, 9.17) is 9.68 Å². The molecule has 32 heavy (non-hydrogen) atoms. The highest BCUT2D eigenvalue weighted by atomic mass is 19.4. The molecule has 0 aliphatic rings. The molecular formula is C21H12F8N2O. The molecule has 0 radical (unpaired) electrons. The molecule has 0 aliphatic heterocycles. The molecule has 0 atom stereocenters. The topological polar surface area (TPSA) is 40.2 Å². The second-order valence-corrected chi connectivity index (χ2v) is 6.70. The summed E-state index contributed by atoms with van der Waals surface area (Å²) in [6, 6.07) is 8.67. The highest BCUT2D eigenvalue weighted by molar-refractivity contribution is 5.59. The van der Waals surface area contributed by atoms with Crippen LogP contribution in [0.2, 0.25) is 0 Å². The summed E-state index contributed by atoms with van der Waals surface area (Å²) in [4.78, 5) is 0.583. The summed E-state index contributed by atoms with van der Waals surface area (Å²) in [5.41, 5.74) is -2.70. The maximum absolute atomic E-state index is 13.9. The van der Waals surface area contributed by atoms with Crippen LogP contribution in [0, 0.1) is 23.0 Å². The Balaban J connectivity index is 1.97. The largest absolute Gasteiger partial charge is 0.459 e. The van der Waals surface area contributed by atoms with Crippen molar-refractivity contribution in [1.29, 1.82) is 5.26 Å². The van der Waals surface area contributed by atoms with Crippen LogP contribution in [0.5, 0.6) is 0 Å². The minimum atomic E-state index is -4.96. The van der Waals surface area contributed by atoms with Crippen molar-refractivity contribution in [2.75, 3.05) is 11.4 Å². The maximum atomic E-state index is 13.9.